The Labute approximate surface area is 140 Å². The van der Waals surface area contributed by atoms with E-state index in [4.69, 9.17) is 0 Å². The van der Waals surface area contributed by atoms with Crippen molar-refractivity contribution in [3.05, 3.63) is 65.5 Å². The highest BCUT2D eigenvalue weighted by molar-refractivity contribution is 5.95. The summed E-state index contributed by atoms with van der Waals surface area (Å²) >= 11 is 0. The van der Waals surface area contributed by atoms with Crippen molar-refractivity contribution < 1.29 is 27.2 Å². The number of amides is 2. The van der Waals surface area contributed by atoms with E-state index in [0.717, 1.165) is 12.1 Å². The summed E-state index contributed by atoms with van der Waals surface area (Å²) in [6.07, 6.45) is -4.76. The van der Waals surface area contributed by atoms with Crippen molar-refractivity contribution in [2.24, 2.45) is 0 Å². The van der Waals surface area contributed by atoms with Gasteiger partial charge in [0.2, 0.25) is 11.8 Å². The van der Waals surface area contributed by atoms with Crippen molar-refractivity contribution in [2.45, 2.75) is 12.6 Å². The minimum absolute atomic E-state index is 0.149. The minimum Gasteiger partial charge on any atom is -0.347 e. The first-order chi connectivity index (χ1) is 11.8. The number of benzene rings is 2. The summed E-state index contributed by atoms with van der Waals surface area (Å²) in [5.41, 5.74) is -0.950. The molecule has 4 nitrogen and oxygen atoms in total. The molecule has 25 heavy (non-hydrogen) atoms. The van der Waals surface area contributed by atoms with E-state index in [9.17, 15) is 27.2 Å². The van der Waals surface area contributed by atoms with Gasteiger partial charge < -0.3 is 10.6 Å². The molecule has 132 valence electrons. The fraction of sp³-hybridized carbons (Fsp3) is 0.176. The normalized spacial score (nSPS) is 11.0. The second-order valence-electron chi connectivity index (χ2n) is 5.17. The van der Waals surface area contributed by atoms with Gasteiger partial charge in [-0.2, -0.15) is 13.2 Å². The molecule has 0 saturated heterocycles. The summed E-state index contributed by atoms with van der Waals surface area (Å²) in [5.74, 6) is -1.85. The summed E-state index contributed by atoms with van der Waals surface area (Å²) in [6.45, 7) is -0.500. The van der Waals surface area contributed by atoms with Crippen LogP contribution in [0.3, 0.4) is 0 Å². The number of alkyl halides is 3. The van der Waals surface area contributed by atoms with Crippen molar-refractivity contribution in [2.75, 3.05) is 11.9 Å². The van der Waals surface area contributed by atoms with E-state index in [2.05, 4.69) is 10.6 Å². The Balaban J connectivity index is 1.90. The second-order valence-corrected chi connectivity index (χ2v) is 5.17. The summed E-state index contributed by atoms with van der Waals surface area (Å²) < 4.78 is 51.5. The lowest BCUT2D eigenvalue weighted by Gasteiger charge is -2.13. The van der Waals surface area contributed by atoms with Gasteiger partial charge in [0, 0.05) is 0 Å². The predicted octanol–water partition coefficient (Wildman–Crippen LogP) is 3.14. The molecule has 0 heterocycles. The zero-order chi connectivity index (χ0) is 18.4. The Morgan fingerprint density at radius 1 is 0.960 bits per heavy atom. The molecule has 8 heteroatoms. The van der Waals surface area contributed by atoms with Crippen LogP contribution in [0.4, 0.5) is 23.2 Å². The number of nitrogens with one attached hydrogen (secondary N) is 2. The minimum atomic E-state index is -4.61. The largest absolute Gasteiger partial charge is 0.418 e. The van der Waals surface area contributed by atoms with E-state index in [1.807, 2.05) is 0 Å². The zero-order valence-corrected chi connectivity index (χ0v) is 12.9. The standard InChI is InChI=1S/C17H14F4N2O2/c18-12-5-3-4-11(8-12)9-15(24)22-10-16(25)23-14-7-2-1-6-13(14)17(19,20)21/h1-8H,9-10H2,(H,22,24)(H,23,25). The van der Waals surface area contributed by atoms with Crippen molar-refractivity contribution in [3.63, 3.8) is 0 Å². The summed E-state index contributed by atoms with van der Waals surface area (Å²) in [4.78, 5) is 23.5. The smallest absolute Gasteiger partial charge is 0.347 e. The van der Waals surface area contributed by atoms with Gasteiger partial charge in [-0.25, -0.2) is 4.39 Å². The number of rotatable bonds is 5. The quantitative estimate of drug-likeness (QED) is 0.811. The Kier molecular flexibility index (Phi) is 5.74. The number of carbonyl (C=O) groups excluding carboxylic acids is 2. The molecule has 0 spiro atoms. The molecule has 0 unspecified atom stereocenters. The lowest BCUT2D eigenvalue weighted by molar-refractivity contribution is -0.137. The molecule has 0 fully saturated rings. The van der Waals surface area contributed by atoms with Gasteiger partial charge in [0.15, 0.2) is 0 Å². The average molecular weight is 354 g/mol. The first-order valence-electron chi connectivity index (χ1n) is 7.23. The van der Waals surface area contributed by atoms with Gasteiger partial charge in [-0.1, -0.05) is 24.3 Å². The molecule has 2 aromatic rings. The van der Waals surface area contributed by atoms with E-state index in [0.29, 0.717) is 5.56 Å². The highest BCUT2D eigenvalue weighted by Gasteiger charge is 2.33. The van der Waals surface area contributed by atoms with Crippen molar-refractivity contribution in [1.29, 1.82) is 0 Å². The van der Waals surface area contributed by atoms with Crippen LogP contribution in [0.25, 0.3) is 0 Å². The number of hydrogen-bond donors (Lipinski definition) is 2. The summed E-state index contributed by atoms with van der Waals surface area (Å²) in [7, 11) is 0. The molecule has 0 aliphatic carbocycles. The van der Waals surface area contributed by atoms with Crippen LogP contribution in [0.15, 0.2) is 48.5 Å². The third-order valence-corrected chi connectivity index (χ3v) is 3.21. The Bertz CT molecular complexity index is 775. The second kappa shape index (κ2) is 7.78. The molecule has 0 saturated carbocycles. The first-order valence-corrected chi connectivity index (χ1v) is 7.23. The Morgan fingerprint density at radius 2 is 1.68 bits per heavy atom. The molecule has 0 aliphatic heterocycles. The molecule has 2 N–H and O–H groups in total. The van der Waals surface area contributed by atoms with Crippen LogP contribution in [-0.4, -0.2) is 18.4 Å². The molecular weight excluding hydrogens is 340 g/mol. The van der Waals surface area contributed by atoms with Crippen molar-refractivity contribution >= 4 is 17.5 Å². The van der Waals surface area contributed by atoms with Gasteiger partial charge >= 0.3 is 6.18 Å². The maximum absolute atomic E-state index is 13.0. The van der Waals surface area contributed by atoms with Gasteiger partial charge in [-0.15, -0.1) is 0 Å². The third-order valence-electron chi connectivity index (χ3n) is 3.21. The molecule has 2 aromatic carbocycles. The van der Waals surface area contributed by atoms with Crippen LogP contribution in [0.5, 0.6) is 0 Å². The van der Waals surface area contributed by atoms with Gasteiger partial charge in [0.25, 0.3) is 0 Å². The maximum atomic E-state index is 13.0. The van der Waals surface area contributed by atoms with Crippen LogP contribution in [0.2, 0.25) is 0 Å². The molecule has 0 atom stereocenters. The third kappa shape index (κ3) is 5.59. The SMILES string of the molecule is O=C(Cc1cccc(F)c1)NCC(=O)Nc1ccccc1C(F)(F)F. The Morgan fingerprint density at radius 3 is 2.36 bits per heavy atom. The van der Waals surface area contributed by atoms with Gasteiger partial charge in [-0.3, -0.25) is 9.59 Å². The van der Waals surface area contributed by atoms with Crippen LogP contribution in [0, 0.1) is 5.82 Å². The fourth-order valence-electron chi connectivity index (χ4n) is 2.11. The topological polar surface area (TPSA) is 58.2 Å². The van der Waals surface area contributed by atoms with E-state index in [1.54, 1.807) is 6.07 Å². The fourth-order valence-corrected chi connectivity index (χ4v) is 2.11. The molecule has 0 aliphatic rings. The number of hydrogen-bond acceptors (Lipinski definition) is 2. The molecule has 0 bridgehead atoms. The maximum Gasteiger partial charge on any atom is 0.418 e. The predicted molar refractivity (Wildman–Crippen MR) is 83.2 cm³/mol. The summed E-state index contributed by atoms with van der Waals surface area (Å²) in [5, 5.41) is 4.39. The van der Waals surface area contributed by atoms with Crippen LogP contribution in [0.1, 0.15) is 11.1 Å². The highest BCUT2D eigenvalue weighted by atomic mass is 19.4. The average Bonchev–Trinajstić information content (AvgIpc) is 2.52. The van der Waals surface area contributed by atoms with E-state index in [1.165, 1.54) is 30.3 Å². The number of anilines is 1. The van der Waals surface area contributed by atoms with Gasteiger partial charge in [0.1, 0.15) is 5.82 Å². The number of halogens is 4. The molecule has 2 amide bonds. The Hall–Kier alpha value is -2.90. The van der Waals surface area contributed by atoms with Crippen LogP contribution >= 0.6 is 0 Å². The van der Waals surface area contributed by atoms with Crippen molar-refractivity contribution in [1.82, 2.24) is 5.32 Å². The van der Waals surface area contributed by atoms with Crippen LogP contribution in [-0.2, 0) is 22.2 Å². The molecule has 0 radical (unpaired) electrons. The lowest BCUT2D eigenvalue weighted by Crippen LogP contribution is -2.34. The van der Waals surface area contributed by atoms with Gasteiger partial charge in [0.05, 0.1) is 24.2 Å². The first kappa shape index (κ1) is 18.4. The highest BCUT2D eigenvalue weighted by Crippen LogP contribution is 2.34. The van der Waals surface area contributed by atoms with E-state index >= 15 is 0 Å². The number of carbonyl (C=O) groups is 2. The monoisotopic (exact) mass is 354 g/mol. The lowest BCUT2D eigenvalue weighted by atomic mass is 10.1. The van der Waals surface area contributed by atoms with E-state index < -0.39 is 35.9 Å². The molecular formula is C17H14F4N2O2. The van der Waals surface area contributed by atoms with Crippen LogP contribution < -0.4 is 10.6 Å². The van der Waals surface area contributed by atoms with E-state index in [-0.39, 0.29) is 12.1 Å². The summed E-state index contributed by atoms with van der Waals surface area (Å²) in [6, 6.07) is 9.92. The van der Waals surface area contributed by atoms with Gasteiger partial charge in [-0.05, 0) is 29.8 Å². The van der Waals surface area contributed by atoms with Crippen molar-refractivity contribution in [3.8, 4) is 0 Å². The molecule has 2 rings (SSSR count). The number of para-hydroxylation sites is 1. The molecule has 0 aromatic heterocycles. The zero-order valence-electron chi connectivity index (χ0n) is 12.9.